The van der Waals surface area contributed by atoms with Crippen LogP contribution in [-0.4, -0.2) is 44.6 Å². The average Bonchev–Trinajstić information content (AvgIpc) is 3.02. The Morgan fingerprint density at radius 3 is 2.59 bits per heavy atom. The van der Waals surface area contributed by atoms with Crippen molar-refractivity contribution in [3.63, 3.8) is 0 Å². The minimum absolute atomic E-state index is 0.0504. The van der Waals surface area contributed by atoms with Crippen LogP contribution in [0.25, 0.3) is 11.2 Å². The van der Waals surface area contributed by atoms with Gasteiger partial charge >= 0.3 is 0 Å². The number of hydrogen-bond donors (Lipinski definition) is 1. The molecule has 27 heavy (non-hydrogen) atoms. The van der Waals surface area contributed by atoms with Crippen LogP contribution < -0.4 is 5.32 Å². The lowest BCUT2D eigenvalue weighted by Crippen LogP contribution is -2.23. The number of hydrogen-bond acceptors (Lipinski definition) is 6. The Balaban J connectivity index is 1.94. The largest absolute Gasteiger partial charge is 0.338 e. The smallest absolute Gasteiger partial charge is 0.236 e. The van der Waals surface area contributed by atoms with Crippen LogP contribution in [0.3, 0.4) is 0 Å². The number of fused-ring (bicyclic) bond motifs is 1. The molecule has 0 unspecified atom stereocenters. The van der Waals surface area contributed by atoms with Gasteiger partial charge in [-0.25, -0.2) is 13.8 Å². The number of aromatic nitrogens is 4. The Morgan fingerprint density at radius 1 is 1.19 bits per heavy atom. The molecule has 2 aromatic heterocycles. The summed E-state index contributed by atoms with van der Waals surface area (Å²) >= 11 is 0. The molecule has 3 aromatic rings. The van der Waals surface area contributed by atoms with Gasteiger partial charge in [-0.2, -0.15) is 15.2 Å². The van der Waals surface area contributed by atoms with Crippen LogP contribution in [0.4, 0.5) is 20.3 Å². The summed E-state index contributed by atoms with van der Waals surface area (Å²) in [6.07, 6.45) is 2.68. The number of imidazole rings is 1. The minimum Gasteiger partial charge on any atom is -0.338 e. The highest BCUT2D eigenvalue weighted by Gasteiger charge is 2.14. The molecule has 7 nitrogen and oxygen atoms in total. The van der Waals surface area contributed by atoms with Gasteiger partial charge in [0.25, 0.3) is 0 Å². The lowest BCUT2D eigenvalue weighted by atomic mass is 10.3. The van der Waals surface area contributed by atoms with Crippen LogP contribution in [0.5, 0.6) is 0 Å². The predicted octanol–water partition coefficient (Wildman–Crippen LogP) is 3.06. The number of anilines is 2. The van der Waals surface area contributed by atoms with Crippen molar-refractivity contribution in [1.29, 1.82) is 5.26 Å². The summed E-state index contributed by atoms with van der Waals surface area (Å²) in [6, 6.07) is 4.97. The van der Waals surface area contributed by atoms with Gasteiger partial charge < -0.3 is 14.8 Å². The molecule has 9 heteroatoms. The fourth-order valence-corrected chi connectivity index (χ4v) is 2.78. The van der Waals surface area contributed by atoms with E-state index in [4.69, 9.17) is 0 Å². The number of halogens is 2. The first-order valence-corrected chi connectivity index (χ1v) is 8.54. The number of nitriles is 1. The Bertz CT molecular complexity index is 973. The number of rotatable bonds is 7. The first kappa shape index (κ1) is 18.7. The molecular weight excluding hydrogens is 352 g/mol. The lowest BCUT2D eigenvalue weighted by Gasteiger charge is -2.15. The van der Waals surface area contributed by atoms with Gasteiger partial charge in [-0.1, -0.05) is 6.92 Å². The molecule has 0 bridgehead atoms. The third-order valence-corrected chi connectivity index (χ3v) is 4.02. The molecule has 0 radical (unpaired) electrons. The molecule has 0 atom stereocenters. The van der Waals surface area contributed by atoms with Crippen molar-refractivity contribution < 1.29 is 8.78 Å². The number of nitrogens with zero attached hydrogens (tertiary/aromatic N) is 6. The Hall–Kier alpha value is -3.12. The van der Waals surface area contributed by atoms with E-state index in [1.165, 1.54) is 0 Å². The van der Waals surface area contributed by atoms with E-state index in [9.17, 15) is 14.0 Å². The third kappa shape index (κ3) is 4.35. The van der Waals surface area contributed by atoms with E-state index in [1.807, 2.05) is 17.7 Å². The van der Waals surface area contributed by atoms with E-state index in [0.29, 0.717) is 17.7 Å². The Labute approximate surface area is 155 Å². The average molecular weight is 371 g/mol. The van der Waals surface area contributed by atoms with Crippen molar-refractivity contribution >= 4 is 22.7 Å². The van der Waals surface area contributed by atoms with Gasteiger partial charge in [-0.15, -0.1) is 0 Å². The second-order valence-electron chi connectivity index (χ2n) is 6.20. The maximum Gasteiger partial charge on any atom is 0.236 e. The van der Waals surface area contributed by atoms with Crippen molar-refractivity contribution in [1.82, 2.24) is 24.4 Å². The summed E-state index contributed by atoms with van der Waals surface area (Å²) in [5.41, 5.74) is 1.09. The van der Waals surface area contributed by atoms with Crippen molar-refractivity contribution in [2.45, 2.75) is 19.9 Å². The molecule has 0 aliphatic carbocycles. The number of benzene rings is 1. The van der Waals surface area contributed by atoms with E-state index in [0.717, 1.165) is 37.7 Å². The maximum absolute atomic E-state index is 13.4. The number of likely N-dealkylation sites (N-methyl/N-ethyl adjacent to an activating group) is 1. The lowest BCUT2D eigenvalue weighted by molar-refractivity contribution is 0.320. The standard InChI is InChI=1S/C18H19F2N7/c1-3-4-26(2)5-6-27-11-22-16-17(24-15(10-21)25-18(16)27)23-14-8-12(19)7-13(20)9-14/h7-9,11H,3-6H2,1-2H3,(H,23,24,25). The highest BCUT2D eigenvalue weighted by atomic mass is 19.1. The second kappa shape index (κ2) is 8.05. The van der Waals surface area contributed by atoms with Crippen LogP contribution in [-0.2, 0) is 6.54 Å². The van der Waals surface area contributed by atoms with Crippen LogP contribution >= 0.6 is 0 Å². The first-order chi connectivity index (χ1) is 13.0. The van der Waals surface area contributed by atoms with E-state index >= 15 is 0 Å². The van der Waals surface area contributed by atoms with Gasteiger partial charge in [-0.05, 0) is 32.1 Å². The predicted molar refractivity (Wildman–Crippen MR) is 97.5 cm³/mol. The topological polar surface area (TPSA) is 82.7 Å². The van der Waals surface area contributed by atoms with Crippen LogP contribution in [0.2, 0.25) is 0 Å². The highest BCUT2D eigenvalue weighted by Crippen LogP contribution is 2.24. The normalized spacial score (nSPS) is 11.1. The number of nitrogens with one attached hydrogen (secondary N) is 1. The van der Waals surface area contributed by atoms with Gasteiger partial charge in [0, 0.05) is 24.8 Å². The van der Waals surface area contributed by atoms with Crippen molar-refractivity contribution in [2.75, 3.05) is 25.5 Å². The molecule has 0 saturated heterocycles. The van der Waals surface area contributed by atoms with E-state index in [-0.39, 0.29) is 17.3 Å². The molecule has 1 aromatic carbocycles. The molecule has 140 valence electrons. The summed E-state index contributed by atoms with van der Waals surface area (Å²) in [5.74, 6) is -1.26. The molecule has 0 amide bonds. The SMILES string of the molecule is CCCN(C)CCn1cnc2c(Nc3cc(F)cc(F)c3)nc(C#N)nc21. The highest BCUT2D eigenvalue weighted by molar-refractivity contribution is 5.85. The van der Waals surface area contributed by atoms with Gasteiger partial charge in [0.15, 0.2) is 17.0 Å². The first-order valence-electron chi connectivity index (χ1n) is 8.54. The molecule has 0 spiro atoms. The molecule has 1 N–H and O–H groups in total. The van der Waals surface area contributed by atoms with E-state index in [2.05, 4.69) is 32.1 Å². The monoisotopic (exact) mass is 371 g/mol. The molecular formula is C18H19F2N7. The zero-order chi connectivity index (χ0) is 19.4. The van der Waals surface area contributed by atoms with E-state index < -0.39 is 11.6 Å². The maximum atomic E-state index is 13.4. The summed E-state index contributed by atoms with van der Waals surface area (Å²) in [7, 11) is 2.03. The molecule has 2 heterocycles. The molecule has 0 fully saturated rings. The minimum atomic E-state index is -0.715. The Kier molecular flexibility index (Phi) is 5.57. The summed E-state index contributed by atoms with van der Waals surface area (Å²) in [5, 5.41) is 12.1. The fourth-order valence-electron chi connectivity index (χ4n) is 2.78. The molecule has 0 aliphatic rings. The van der Waals surface area contributed by atoms with Crippen molar-refractivity contribution in [3.05, 3.63) is 42.0 Å². The van der Waals surface area contributed by atoms with E-state index in [1.54, 1.807) is 6.33 Å². The van der Waals surface area contributed by atoms with Gasteiger partial charge in [0.1, 0.15) is 17.7 Å². The van der Waals surface area contributed by atoms with Crippen LogP contribution in [0, 0.1) is 23.0 Å². The van der Waals surface area contributed by atoms with Gasteiger partial charge in [-0.3, -0.25) is 0 Å². The summed E-state index contributed by atoms with van der Waals surface area (Å²) in [4.78, 5) is 14.8. The third-order valence-electron chi connectivity index (χ3n) is 4.02. The summed E-state index contributed by atoms with van der Waals surface area (Å²) in [6.45, 7) is 4.53. The molecule has 0 saturated carbocycles. The molecule has 3 rings (SSSR count). The second-order valence-corrected chi connectivity index (χ2v) is 6.20. The summed E-state index contributed by atoms with van der Waals surface area (Å²) < 4.78 is 28.7. The van der Waals surface area contributed by atoms with Crippen LogP contribution in [0.1, 0.15) is 19.2 Å². The van der Waals surface area contributed by atoms with Gasteiger partial charge in [0.2, 0.25) is 5.82 Å². The quantitative estimate of drug-likeness (QED) is 0.687. The Morgan fingerprint density at radius 2 is 1.93 bits per heavy atom. The zero-order valence-corrected chi connectivity index (χ0v) is 15.1. The fraction of sp³-hybridized carbons (Fsp3) is 0.333. The van der Waals surface area contributed by atoms with Crippen molar-refractivity contribution in [3.8, 4) is 6.07 Å². The van der Waals surface area contributed by atoms with Crippen molar-refractivity contribution in [2.24, 2.45) is 0 Å². The van der Waals surface area contributed by atoms with Crippen LogP contribution in [0.15, 0.2) is 24.5 Å². The zero-order valence-electron chi connectivity index (χ0n) is 15.1. The van der Waals surface area contributed by atoms with Gasteiger partial charge in [0.05, 0.1) is 6.33 Å². The molecule has 0 aliphatic heterocycles.